The normalized spacial score (nSPS) is 18.3. The van der Waals surface area contributed by atoms with Crippen LogP contribution < -0.4 is 5.73 Å². The molecule has 0 aromatic rings. The first-order valence-electron chi connectivity index (χ1n) is 5.62. The summed E-state index contributed by atoms with van der Waals surface area (Å²) in [5.74, 6) is -0.472. The van der Waals surface area contributed by atoms with Gasteiger partial charge in [-0.1, -0.05) is 0 Å². The van der Waals surface area contributed by atoms with Crippen molar-refractivity contribution < 1.29 is 19.1 Å². The van der Waals surface area contributed by atoms with Crippen LogP contribution in [0.25, 0.3) is 0 Å². The maximum atomic E-state index is 11.6. The summed E-state index contributed by atoms with van der Waals surface area (Å²) in [4.78, 5) is 24.5. The Hall–Kier alpha value is -1.30. The number of ether oxygens (including phenoxy) is 2. The molecule has 1 heterocycles. The van der Waals surface area contributed by atoms with Crippen molar-refractivity contribution in [3.8, 4) is 0 Å². The van der Waals surface area contributed by atoms with Gasteiger partial charge in [-0.15, -0.1) is 0 Å². The fraction of sp³-hybridized carbons (Fsp3) is 0.818. The molecule has 1 aliphatic rings. The highest BCUT2D eigenvalue weighted by molar-refractivity contribution is 5.85. The van der Waals surface area contributed by atoms with Crippen LogP contribution in [-0.4, -0.2) is 47.8 Å². The zero-order valence-corrected chi connectivity index (χ0v) is 10.8. The van der Waals surface area contributed by atoms with Crippen molar-refractivity contribution in [2.75, 3.05) is 19.7 Å². The maximum absolute atomic E-state index is 11.6. The second-order valence-electron chi connectivity index (χ2n) is 5.21. The predicted molar refractivity (Wildman–Crippen MR) is 61.4 cm³/mol. The molecule has 0 spiro atoms. The lowest BCUT2D eigenvalue weighted by Crippen LogP contribution is -2.73. The van der Waals surface area contributed by atoms with Gasteiger partial charge in [0.05, 0.1) is 19.7 Å². The first-order chi connectivity index (χ1) is 7.68. The Labute approximate surface area is 101 Å². The Morgan fingerprint density at radius 3 is 2.29 bits per heavy atom. The number of hydrogen-bond acceptors (Lipinski definition) is 5. The van der Waals surface area contributed by atoms with Crippen molar-refractivity contribution in [3.05, 3.63) is 0 Å². The molecular formula is C11H20N2O4. The standard InChI is InChI=1S/C11H20N2O4/c1-5-16-8(14)11(12)6-13(7-11)9(15)17-10(2,3)4/h5-7,12H2,1-4H3. The zero-order chi connectivity index (χ0) is 13.3. The van der Waals surface area contributed by atoms with Crippen LogP contribution in [0.15, 0.2) is 0 Å². The smallest absolute Gasteiger partial charge is 0.410 e. The summed E-state index contributed by atoms with van der Waals surface area (Å²) in [5, 5.41) is 0. The summed E-state index contributed by atoms with van der Waals surface area (Å²) in [7, 11) is 0. The second kappa shape index (κ2) is 4.52. The third-order valence-corrected chi connectivity index (χ3v) is 2.28. The summed E-state index contributed by atoms with van der Waals surface area (Å²) in [6.45, 7) is 7.63. The third-order valence-electron chi connectivity index (χ3n) is 2.28. The van der Waals surface area contributed by atoms with Crippen LogP contribution in [0.4, 0.5) is 4.79 Å². The van der Waals surface area contributed by atoms with Crippen molar-refractivity contribution in [3.63, 3.8) is 0 Å². The average Bonchev–Trinajstić information content (AvgIpc) is 2.10. The summed E-state index contributed by atoms with van der Waals surface area (Å²) in [5.41, 5.74) is 4.18. The first-order valence-corrected chi connectivity index (χ1v) is 5.62. The number of hydrogen-bond donors (Lipinski definition) is 1. The molecule has 2 N–H and O–H groups in total. The van der Waals surface area contributed by atoms with Gasteiger partial charge in [0.2, 0.25) is 0 Å². The fourth-order valence-corrected chi connectivity index (χ4v) is 1.49. The molecule has 0 atom stereocenters. The lowest BCUT2D eigenvalue weighted by Gasteiger charge is -2.45. The molecule has 1 aliphatic heterocycles. The summed E-state index contributed by atoms with van der Waals surface area (Å²) < 4.78 is 9.99. The topological polar surface area (TPSA) is 81.9 Å². The van der Waals surface area contributed by atoms with Crippen molar-refractivity contribution in [2.45, 2.75) is 38.8 Å². The van der Waals surface area contributed by atoms with Gasteiger partial charge in [0.15, 0.2) is 5.54 Å². The van der Waals surface area contributed by atoms with Gasteiger partial charge in [0.25, 0.3) is 0 Å². The minimum Gasteiger partial charge on any atom is -0.465 e. The van der Waals surface area contributed by atoms with E-state index < -0.39 is 23.2 Å². The summed E-state index contributed by atoms with van der Waals surface area (Å²) in [6, 6.07) is 0. The molecule has 6 heteroatoms. The Morgan fingerprint density at radius 1 is 1.35 bits per heavy atom. The minimum absolute atomic E-state index is 0.140. The zero-order valence-electron chi connectivity index (χ0n) is 10.8. The van der Waals surface area contributed by atoms with E-state index in [-0.39, 0.29) is 19.7 Å². The highest BCUT2D eigenvalue weighted by Gasteiger charge is 2.50. The van der Waals surface area contributed by atoms with Crippen LogP contribution in [0, 0.1) is 0 Å². The number of rotatable bonds is 2. The Balaban J connectivity index is 2.45. The monoisotopic (exact) mass is 244 g/mol. The maximum Gasteiger partial charge on any atom is 0.410 e. The molecule has 98 valence electrons. The van der Waals surface area contributed by atoms with E-state index in [1.54, 1.807) is 27.7 Å². The molecule has 6 nitrogen and oxygen atoms in total. The Kier molecular flexibility index (Phi) is 3.66. The number of nitrogens with two attached hydrogens (primary N) is 1. The van der Waals surface area contributed by atoms with Crippen LogP contribution in [0.1, 0.15) is 27.7 Å². The van der Waals surface area contributed by atoms with E-state index in [1.807, 2.05) is 0 Å². The molecule has 0 saturated carbocycles. The Bertz CT molecular complexity index is 316. The van der Waals surface area contributed by atoms with Gasteiger partial charge >= 0.3 is 12.1 Å². The molecule has 1 saturated heterocycles. The molecule has 1 amide bonds. The number of esters is 1. The van der Waals surface area contributed by atoms with E-state index in [9.17, 15) is 9.59 Å². The quantitative estimate of drug-likeness (QED) is 0.715. The first kappa shape index (κ1) is 13.8. The predicted octanol–water partition coefficient (Wildman–Crippen LogP) is 0.498. The lowest BCUT2D eigenvalue weighted by atomic mass is 9.92. The van der Waals surface area contributed by atoms with E-state index in [4.69, 9.17) is 15.2 Å². The summed E-state index contributed by atoms with van der Waals surface area (Å²) >= 11 is 0. The van der Waals surface area contributed by atoms with Gasteiger partial charge in [-0.2, -0.15) is 0 Å². The minimum atomic E-state index is -1.08. The Morgan fingerprint density at radius 2 is 1.88 bits per heavy atom. The lowest BCUT2D eigenvalue weighted by molar-refractivity contribution is -0.155. The fourth-order valence-electron chi connectivity index (χ4n) is 1.49. The van der Waals surface area contributed by atoms with Crippen LogP contribution in [0.3, 0.4) is 0 Å². The van der Waals surface area contributed by atoms with E-state index in [0.717, 1.165) is 0 Å². The van der Waals surface area contributed by atoms with Crippen molar-refractivity contribution in [1.82, 2.24) is 4.90 Å². The van der Waals surface area contributed by atoms with E-state index in [1.165, 1.54) is 4.90 Å². The molecule has 0 aromatic heterocycles. The van der Waals surface area contributed by atoms with E-state index >= 15 is 0 Å². The third kappa shape index (κ3) is 3.33. The van der Waals surface area contributed by atoms with Crippen LogP contribution in [0.2, 0.25) is 0 Å². The van der Waals surface area contributed by atoms with Gasteiger partial charge < -0.3 is 20.1 Å². The molecule has 1 fully saturated rings. The SMILES string of the molecule is CCOC(=O)C1(N)CN(C(=O)OC(C)(C)C)C1. The molecule has 0 radical (unpaired) electrons. The van der Waals surface area contributed by atoms with Gasteiger partial charge in [-0.05, 0) is 27.7 Å². The summed E-state index contributed by atoms with van der Waals surface area (Å²) in [6.07, 6.45) is -0.456. The molecule has 17 heavy (non-hydrogen) atoms. The number of nitrogens with zero attached hydrogens (tertiary/aromatic N) is 1. The van der Waals surface area contributed by atoms with Crippen molar-refractivity contribution in [2.24, 2.45) is 5.73 Å². The van der Waals surface area contributed by atoms with Gasteiger partial charge in [-0.3, -0.25) is 0 Å². The number of carbonyl (C=O) groups excluding carboxylic acids is 2. The van der Waals surface area contributed by atoms with Gasteiger partial charge in [-0.25, -0.2) is 9.59 Å². The van der Waals surface area contributed by atoms with Crippen LogP contribution >= 0.6 is 0 Å². The molecule has 0 unspecified atom stereocenters. The van der Waals surface area contributed by atoms with Crippen molar-refractivity contribution in [1.29, 1.82) is 0 Å². The number of carbonyl (C=O) groups is 2. The van der Waals surface area contributed by atoms with Crippen LogP contribution in [-0.2, 0) is 14.3 Å². The number of likely N-dealkylation sites (tertiary alicyclic amines) is 1. The molecule has 0 aromatic carbocycles. The number of amides is 1. The van der Waals surface area contributed by atoms with Crippen LogP contribution in [0.5, 0.6) is 0 Å². The van der Waals surface area contributed by atoms with Gasteiger partial charge in [0.1, 0.15) is 5.60 Å². The average molecular weight is 244 g/mol. The molecule has 0 bridgehead atoms. The van der Waals surface area contributed by atoms with E-state index in [2.05, 4.69) is 0 Å². The van der Waals surface area contributed by atoms with E-state index in [0.29, 0.717) is 0 Å². The molecule has 0 aliphatic carbocycles. The molecule has 1 rings (SSSR count). The molecular weight excluding hydrogens is 224 g/mol. The highest BCUT2D eigenvalue weighted by atomic mass is 16.6. The van der Waals surface area contributed by atoms with Crippen molar-refractivity contribution >= 4 is 12.1 Å². The largest absolute Gasteiger partial charge is 0.465 e. The highest BCUT2D eigenvalue weighted by Crippen LogP contribution is 2.22. The second-order valence-corrected chi connectivity index (χ2v) is 5.21. The van der Waals surface area contributed by atoms with Gasteiger partial charge in [0, 0.05) is 0 Å².